The number of amides is 1. The van der Waals surface area contributed by atoms with Crippen LogP contribution in [0.2, 0.25) is 0 Å². The standard InChI is InChI=1S/C57H115N2O6P/c1-6-8-10-12-14-16-18-19-20-21-22-23-24-25-26-27-28-29-30-31-32-33-34-35-36-37-38-39-41-43-45-47-49-51-57(61)58-55(54-65-66(62,63)64-53-52-59(3,4)5)56(60)50-48-46-44-42-40-17-15-13-11-9-7-2/h25-26,55-56,60H,6-24,27-54H2,1-5H3,(H-,58,61,62,63)/p+1/b26-25-. The van der Waals surface area contributed by atoms with Gasteiger partial charge in [0.25, 0.3) is 0 Å². The number of carbonyl (C=O) groups is 1. The average molecular weight is 957 g/mol. The number of aliphatic hydroxyl groups excluding tert-OH is 1. The minimum atomic E-state index is -4.31. The number of unbranched alkanes of at least 4 members (excludes halogenated alkanes) is 39. The van der Waals surface area contributed by atoms with E-state index in [9.17, 15) is 19.4 Å². The molecule has 0 saturated carbocycles. The van der Waals surface area contributed by atoms with Crippen LogP contribution in [-0.4, -0.2) is 73.4 Å². The monoisotopic (exact) mass is 956 g/mol. The van der Waals surface area contributed by atoms with Crippen molar-refractivity contribution < 1.29 is 32.9 Å². The van der Waals surface area contributed by atoms with E-state index >= 15 is 0 Å². The molecule has 0 radical (unpaired) electrons. The molecule has 8 nitrogen and oxygen atoms in total. The van der Waals surface area contributed by atoms with E-state index in [2.05, 4.69) is 31.3 Å². The van der Waals surface area contributed by atoms with Gasteiger partial charge in [0, 0.05) is 6.42 Å². The van der Waals surface area contributed by atoms with Gasteiger partial charge in [0.2, 0.25) is 5.91 Å². The Morgan fingerprint density at radius 2 is 0.818 bits per heavy atom. The molecule has 0 bridgehead atoms. The van der Waals surface area contributed by atoms with Gasteiger partial charge in [0.1, 0.15) is 13.2 Å². The summed E-state index contributed by atoms with van der Waals surface area (Å²) in [5.41, 5.74) is 0. The van der Waals surface area contributed by atoms with E-state index < -0.39 is 20.0 Å². The fourth-order valence-electron chi connectivity index (χ4n) is 8.93. The molecule has 0 aliphatic rings. The molecular formula is C57H116N2O6P+. The fraction of sp³-hybridized carbons (Fsp3) is 0.947. The summed E-state index contributed by atoms with van der Waals surface area (Å²) in [7, 11) is 1.63. The molecule has 0 fully saturated rings. The Morgan fingerprint density at radius 1 is 0.500 bits per heavy atom. The number of phosphoric acid groups is 1. The van der Waals surface area contributed by atoms with Crippen LogP contribution in [0.25, 0.3) is 0 Å². The van der Waals surface area contributed by atoms with Gasteiger partial charge < -0.3 is 19.8 Å². The lowest BCUT2D eigenvalue weighted by atomic mass is 10.0. The van der Waals surface area contributed by atoms with Crippen LogP contribution in [0.5, 0.6) is 0 Å². The Kier molecular flexibility index (Phi) is 48.7. The molecule has 0 rings (SSSR count). The van der Waals surface area contributed by atoms with E-state index in [0.717, 1.165) is 38.5 Å². The number of quaternary nitrogens is 1. The number of rotatable bonds is 54. The average Bonchev–Trinajstić information content (AvgIpc) is 3.28. The lowest BCUT2D eigenvalue weighted by Crippen LogP contribution is -2.46. The molecule has 0 aromatic carbocycles. The summed E-state index contributed by atoms with van der Waals surface area (Å²) in [6.45, 7) is 4.91. The molecule has 0 aliphatic heterocycles. The van der Waals surface area contributed by atoms with Gasteiger partial charge >= 0.3 is 7.82 Å². The third-order valence-electron chi connectivity index (χ3n) is 13.5. The van der Waals surface area contributed by atoms with Crippen LogP contribution < -0.4 is 5.32 Å². The van der Waals surface area contributed by atoms with Crippen molar-refractivity contribution in [2.75, 3.05) is 40.9 Å². The summed E-state index contributed by atoms with van der Waals surface area (Å²) >= 11 is 0. The second-order valence-corrected chi connectivity index (χ2v) is 22.8. The van der Waals surface area contributed by atoms with Crippen LogP contribution in [0.1, 0.15) is 296 Å². The third kappa shape index (κ3) is 51.1. The smallest absolute Gasteiger partial charge is 0.391 e. The van der Waals surface area contributed by atoms with Crippen LogP contribution in [0.4, 0.5) is 0 Å². The molecule has 1 amide bonds. The quantitative estimate of drug-likeness (QED) is 0.0243. The van der Waals surface area contributed by atoms with Crippen LogP contribution in [0.3, 0.4) is 0 Å². The number of phosphoric ester groups is 1. The second kappa shape index (κ2) is 49.2. The summed E-state index contributed by atoms with van der Waals surface area (Å²) in [5.74, 6) is -0.140. The zero-order valence-corrected chi connectivity index (χ0v) is 45.9. The van der Waals surface area contributed by atoms with Crippen LogP contribution >= 0.6 is 7.82 Å². The molecule has 9 heteroatoms. The highest BCUT2D eigenvalue weighted by Crippen LogP contribution is 2.43. The number of nitrogens with zero attached hydrogens (tertiary/aromatic N) is 1. The fourth-order valence-corrected chi connectivity index (χ4v) is 9.66. The van der Waals surface area contributed by atoms with Crippen molar-refractivity contribution in [1.82, 2.24) is 5.32 Å². The first-order chi connectivity index (χ1) is 32.0. The Morgan fingerprint density at radius 3 is 1.17 bits per heavy atom. The number of aliphatic hydroxyl groups is 1. The van der Waals surface area contributed by atoms with Crippen LogP contribution in [-0.2, 0) is 18.4 Å². The zero-order chi connectivity index (χ0) is 48.5. The first-order valence-electron chi connectivity index (χ1n) is 29.1. The maximum absolute atomic E-state index is 13.0. The Hall–Kier alpha value is -0.760. The van der Waals surface area contributed by atoms with Gasteiger partial charge in [-0.05, 0) is 38.5 Å². The van der Waals surface area contributed by atoms with E-state index in [1.165, 1.54) is 231 Å². The summed E-state index contributed by atoms with van der Waals surface area (Å²) in [6.07, 6.45) is 60.1. The maximum atomic E-state index is 13.0. The first kappa shape index (κ1) is 65.2. The van der Waals surface area contributed by atoms with Gasteiger partial charge in [0.05, 0.1) is 39.9 Å². The lowest BCUT2D eigenvalue weighted by molar-refractivity contribution is -0.870. The van der Waals surface area contributed by atoms with E-state index in [-0.39, 0.29) is 19.1 Å². The van der Waals surface area contributed by atoms with Gasteiger partial charge in [-0.2, -0.15) is 0 Å². The largest absolute Gasteiger partial charge is 0.472 e. The molecule has 0 aromatic rings. The molecule has 3 unspecified atom stereocenters. The van der Waals surface area contributed by atoms with Gasteiger partial charge in [0.15, 0.2) is 0 Å². The zero-order valence-electron chi connectivity index (χ0n) is 45.0. The van der Waals surface area contributed by atoms with Crippen molar-refractivity contribution in [1.29, 1.82) is 0 Å². The number of hydrogen-bond acceptors (Lipinski definition) is 5. The topological polar surface area (TPSA) is 105 Å². The maximum Gasteiger partial charge on any atom is 0.472 e. The van der Waals surface area contributed by atoms with Gasteiger partial charge in [-0.3, -0.25) is 13.8 Å². The van der Waals surface area contributed by atoms with Crippen molar-refractivity contribution in [2.24, 2.45) is 0 Å². The number of hydrogen-bond donors (Lipinski definition) is 3. The normalized spacial score (nSPS) is 14.0. The molecule has 3 atom stereocenters. The minimum Gasteiger partial charge on any atom is -0.391 e. The van der Waals surface area contributed by atoms with E-state index in [1.807, 2.05) is 21.1 Å². The van der Waals surface area contributed by atoms with Gasteiger partial charge in [-0.25, -0.2) is 4.57 Å². The summed E-state index contributed by atoms with van der Waals surface area (Å²) in [6, 6.07) is -0.755. The number of nitrogens with one attached hydrogen (secondary N) is 1. The SMILES string of the molecule is CCCCCCCCCCCCCC/C=C\CCCCCCCCCCCCCCCCCCCC(=O)NC(COP(=O)(O)OCC[N+](C)(C)C)C(O)CCCCCCCCCCCCC. The minimum absolute atomic E-state index is 0.0775. The number of allylic oxidation sites excluding steroid dienone is 2. The van der Waals surface area contributed by atoms with E-state index in [1.54, 1.807) is 0 Å². The van der Waals surface area contributed by atoms with Crippen molar-refractivity contribution in [2.45, 2.75) is 309 Å². The number of likely N-dealkylation sites (N-methyl/N-ethyl adjacent to an activating group) is 1. The first-order valence-corrected chi connectivity index (χ1v) is 30.5. The highest BCUT2D eigenvalue weighted by molar-refractivity contribution is 7.47. The molecule has 0 aliphatic carbocycles. The van der Waals surface area contributed by atoms with Crippen molar-refractivity contribution in [3.63, 3.8) is 0 Å². The molecule has 0 heterocycles. The van der Waals surface area contributed by atoms with Crippen LogP contribution in [0, 0.1) is 0 Å². The summed E-state index contributed by atoms with van der Waals surface area (Å²) in [4.78, 5) is 23.2. The highest BCUT2D eigenvalue weighted by Gasteiger charge is 2.28. The molecule has 0 saturated heterocycles. The molecule has 0 spiro atoms. The summed E-state index contributed by atoms with van der Waals surface area (Å²) < 4.78 is 23.7. The molecule has 394 valence electrons. The third-order valence-corrected chi connectivity index (χ3v) is 14.5. The van der Waals surface area contributed by atoms with Crippen LogP contribution in [0.15, 0.2) is 12.2 Å². The predicted molar refractivity (Wildman–Crippen MR) is 286 cm³/mol. The molecular weight excluding hydrogens is 840 g/mol. The Labute approximate surface area is 412 Å². The molecule has 66 heavy (non-hydrogen) atoms. The van der Waals surface area contributed by atoms with Gasteiger partial charge in [-0.15, -0.1) is 0 Å². The molecule has 0 aromatic heterocycles. The Balaban J connectivity index is 3.91. The van der Waals surface area contributed by atoms with Gasteiger partial charge in [-0.1, -0.05) is 264 Å². The van der Waals surface area contributed by atoms with Crippen molar-refractivity contribution in [3.8, 4) is 0 Å². The van der Waals surface area contributed by atoms with Crippen molar-refractivity contribution >= 4 is 13.7 Å². The summed E-state index contributed by atoms with van der Waals surface area (Å²) in [5, 5.41) is 14.0. The predicted octanol–water partition coefficient (Wildman–Crippen LogP) is 17.4. The van der Waals surface area contributed by atoms with Crippen molar-refractivity contribution in [3.05, 3.63) is 12.2 Å². The Bertz CT molecular complexity index is 1080. The molecule has 3 N–H and O–H groups in total. The van der Waals surface area contributed by atoms with E-state index in [4.69, 9.17) is 9.05 Å². The lowest BCUT2D eigenvalue weighted by Gasteiger charge is -2.26. The highest BCUT2D eigenvalue weighted by atomic mass is 31.2. The van der Waals surface area contributed by atoms with E-state index in [0.29, 0.717) is 23.9 Å². The second-order valence-electron chi connectivity index (χ2n) is 21.4. The number of carbonyl (C=O) groups excluding carboxylic acids is 1.